The molecule has 0 radical (unpaired) electrons. The molecular formula is C13H21N3. The fourth-order valence-corrected chi connectivity index (χ4v) is 2.26. The number of nitrogens with zero attached hydrogens (tertiary/aromatic N) is 2. The van der Waals surface area contributed by atoms with Gasteiger partial charge in [-0.25, -0.2) is 9.97 Å². The molecule has 3 nitrogen and oxygen atoms in total. The highest BCUT2D eigenvalue weighted by molar-refractivity contribution is 4.89. The van der Waals surface area contributed by atoms with Gasteiger partial charge in [0.2, 0.25) is 0 Å². The second-order valence-corrected chi connectivity index (χ2v) is 5.48. The zero-order valence-corrected chi connectivity index (χ0v) is 10.2. The van der Waals surface area contributed by atoms with E-state index in [4.69, 9.17) is 0 Å². The van der Waals surface area contributed by atoms with Crippen molar-refractivity contribution < 1.29 is 0 Å². The van der Waals surface area contributed by atoms with Crippen LogP contribution in [0.5, 0.6) is 0 Å². The Balaban J connectivity index is 1.76. The summed E-state index contributed by atoms with van der Waals surface area (Å²) in [7, 11) is 0. The molecule has 0 aromatic carbocycles. The van der Waals surface area contributed by atoms with Crippen LogP contribution in [0, 0.1) is 5.41 Å². The molecule has 2 rings (SSSR count). The molecule has 1 N–H and O–H groups in total. The standard InChI is InChI=1S/C13H21N3/c1-13(2)6-4-11(5-7-13)16-10-12-14-8-3-9-15-12/h3,8-9,11,16H,4-7,10H2,1-2H3. The largest absolute Gasteiger partial charge is 0.307 e. The Hall–Kier alpha value is -0.960. The Kier molecular flexibility index (Phi) is 3.54. The maximum atomic E-state index is 4.22. The highest BCUT2D eigenvalue weighted by Crippen LogP contribution is 2.34. The average Bonchev–Trinajstić information content (AvgIpc) is 2.29. The fraction of sp³-hybridized carbons (Fsp3) is 0.692. The second kappa shape index (κ2) is 4.91. The van der Waals surface area contributed by atoms with E-state index in [9.17, 15) is 0 Å². The minimum Gasteiger partial charge on any atom is -0.307 e. The van der Waals surface area contributed by atoms with Gasteiger partial charge in [-0.05, 0) is 37.2 Å². The van der Waals surface area contributed by atoms with Gasteiger partial charge in [0, 0.05) is 18.4 Å². The van der Waals surface area contributed by atoms with Crippen LogP contribution in [0.25, 0.3) is 0 Å². The van der Waals surface area contributed by atoms with Crippen molar-refractivity contribution in [3.63, 3.8) is 0 Å². The maximum Gasteiger partial charge on any atom is 0.141 e. The third kappa shape index (κ3) is 3.27. The Morgan fingerprint density at radius 3 is 2.50 bits per heavy atom. The van der Waals surface area contributed by atoms with Crippen LogP contribution < -0.4 is 5.32 Å². The predicted molar refractivity (Wildman–Crippen MR) is 64.9 cm³/mol. The van der Waals surface area contributed by atoms with Gasteiger partial charge in [0.15, 0.2) is 0 Å². The van der Waals surface area contributed by atoms with Gasteiger partial charge in [0.1, 0.15) is 5.82 Å². The summed E-state index contributed by atoms with van der Waals surface area (Å²) in [6, 6.07) is 2.50. The molecule has 0 saturated heterocycles. The van der Waals surface area contributed by atoms with Crippen molar-refractivity contribution in [2.45, 2.75) is 52.1 Å². The number of hydrogen-bond donors (Lipinski definition) is 1. The van der Waals surface area contributed by atoms with Crippen LogP contribution in [0.3, 0.4) is 0 Å². The summed E-state index contributed by atoms with van der Waals surface area (Å²) in [4.78, 5) is 8.44. The monoisotopic (exact) mass is 219 g/mol. The van der Waals surface area contributed by atoms with Gasteiger partial charge in [0.05, 0.1) is 6.54 Å². The van der Waals surface area contributed by atoms with Gasteiger partial charge >= 0.3 is 0 Å². The summed E-state index contributed by atoms with van der Waals surface area (Å²) in [5.41, 5.74) is 0.543. The van der Waals surface area contributed by atoms with Gasteiger partial charge in [-0.1, -0.05) is 13.8 Å². The summed E-state index contributed by atoms with van der Waals surface area (Å²) < 4.78 is 0. The first kappa shape index (κ1) is 11.5. The van der Waals surface area contributed by atoms with Crippen LogP contribution in [0.1, 0.15) is 45.4 Å². The third-order valence-electron chi connectivity index (χ3n) is 3.51. The Morgan fingerprint density at radius 2 is 1.88 bits per heavy atom. The van der Waals surface area contributed by atoms with E-state index < -0.39 is 0 Å². The molecule has 0 spiro atoms. The van der Waals surface area contributed by atoms with E-state index in [0.29, 0.717) is 11.5 Å². The normalized spacial score (nSPS) is 20.9. The van der Waals surface area contributed by atoms with E-state index >= 15 is 0 Å². The lowest BCUT2D eigenvalue weighted by Crippen LogP contribution is -2.35. The second-order valence-electron chi connectivity index (χ2n) is 5.48. The van der Waals surface area contributed by atoms with E-state index in [2.05, 4.69) is 29.1 Å². The minimum absolute atomic E-state index is 0.543. The fourth-order valence-electron chi connectivity index (χ4n) is 2.26. The Bertz CT molecular complexity index is 311. The molecule has 1 saturated carbocycles. The van der Waals surface area contributed by atoms with Crippen molar-refractivity contribution in [2.75, 3.05) is 0 Å². The van der Waals surface area contributed by atoms with Crippen LogP contribution >= 0.6 is 0 Å². The summed E-state index contributed by atoms with van der Waals surface area (Å²) in [6.45, 7) is 5.53. The molecule has 16 heavy (non-hydrogen) atoms. The lowest BCUT2D eigenvalue weighted by molar-refractivity contribution is 0.205. The van der Waals surface area contributed by atoms with Crippen molar-refractivity contribution in [2.24, 2.45) is 5.41 Å². The first-order chi connectivity index (χ1) is 7.66. The van der Waals surface area contributed by atoms with Crippen LogP contribution in [-0.4, -0.2) is 16.0 Å². The van der Waals surface area contributed by atoms with Crippen LogP contribution in [0.2, 0.25) is 0 Å². The molecule has 0 atom stereocenters. The molecule has 1 aromatic heterocycles. The van der Waals surface area contributed by atoms with Crippen molar-refractivity contribution in [3.8, 4) is 0 Å². The summed E-state index contributed by atoms with van der Waals surface area (Å²) in [5.74, 6) is 0.896. The lowest BCUT2D eigenvalue weighted by atomic mass is 9.75. The quantitative estimate of drug-likeness (QED) is 0.849. The summed E-state index contributed by atoms with van der Waals surface area (Å²) in [5, 5.41) is 3.55. The zero-order chi connectivity index (χ0) is 11.4. The summed E-state index contributed by atoms with van der Waals surface area (Å²) >= 11 is 0. The van der Waals surface area contributed by atoms with Gasteiger partial charge < -0.3 is 5.32 Å². The molecular weight excluding hydrogens is 198 g/mol. The highest BCUT2D eigenvalue weighted by atomic mass is 15.0. The number of nitrogens with one attached hydrogen (secondary N) is 1. The lowest BCUT2D eigenvalue weighted by Gasteiger charge is -2.34. The molecule has 1 aliphatic rings. The SMILES string of the molecule is CC1(C)CCC(NCc2ncccn2)CC1. The first-order valence-corrected chi connectivity index (χ1v) is 6.15. The molecule has 3 heteroatoms. The Labute approximate surface area is 97.7 Å². The summed E-state index contributed by atoms with van der Waals surface area (Å²) in [6.07, 6.45) is 8.79. The number of rotatable bonds is 3. The number of hydrogen-bond acceptors (Lipinski definition) is 3. The highest BCUT2D eigenvalue weighted by Gasteiger charge is 2.26. The molecule has 1 heterocycles. The van der Waals surface area contributed by atoms with Crippen molar-refractivity contribution in [1.29, 1.82) is 0 Å². The first-order valence-electron chi connectivity index (χ1n) is 6.15. The maximum absolute atomic E-state index is 4.22. The molecule has 1 fully saturated rings. The molecule has 1 aromatic rings. The van der Waals surface area contributed by atoms with E-state index in [-0.39, 0.29) is 0 Å². The van der Waals surface area contributed by atoms with E-state index in [1.807, 2.05) is 6.07 Å². The zero-order valence-electron chi connectivity index (χ0n) is 10.2. The molecule has 0 aliphatic heterocycles. The van der Waals surface area contributed by atoms with E-state index in [0.717, 1.165) is 12.4 Å². The van der Waals surface area contributed by atoms with E-state index in [1.54, 1.807) is 12.4 Å². The van der Waals surface area contributed by atoms with Crippen LogP contribution in [-0.2, 0) is 6.54 Å². The predicted octanol–water partition coefficient (Wildman–Crippen LogP) is 2.54. The Morgan fingerprint density at radius 1 is 1.25 bits per heavy atom. The average molecular weight is 219 g/mol. The number of aromatic nitrogens is 2. The third-order valence-corrected chi connectivity index (χ3v) is 3.51. The van der Waals surface area contributed by atoms with Crippen LogP contribution in [0.4, 0.5) is 0 Å². The molecule has 0 unspecified atom stereocenters. The van der Waals surface area contributed by atoms with Crippen molar-refractivity contribution in [1.82, 2.24) is 15.3 Å². The van der Waals surface area contributed by atoms with Gasteiger partial charge in [0.25, 0.3) is 0 Å². The van der Waals surface area contributed by atoms with E-state index in [1.165, 1.54) is 25.7 Å². The van der Waals surface area contributed by atoms with Gasteiger partial charge in [-0.3, -0.25) is 0 Å². The van der Waals surface area contributed by atoms with Gasteiger partial charge in [-0.2, -0.15) is 0 Å². The molecule has 0 bridgehead atoms. The van der Waals surface area contributed by atoms with Crippen molar-refractivity contribution in [3.05, 3.63) is 24.3 Å². The minimum atomic E-state index is 0.543. The molecule has 0 amide bonds. The van der Waals surface area contributed by atoms with Gasteiger partial charge in [-0.15, -0.1) is 0 Å². The molecule has 88 valence electrons. The van der Waals surface area contributed by atoms with Crippen molar-refractivity contribution >= 4 is 0 Å². The topological polar surface area (TPSA) is 37.8 Å². The van der Waals surface area contributed by atoms with Crippen LogP contribution in [0.15, 0.2) is 18.5 Å². The smallest absolute Gasteiger partial charge is 0.141 e. The molecule has 1 aliphatic carbocycles.